The SMILES string of the molecule is Cc1c[c-]c(N(C)c2[c-]cc(C)c3ccccc23)c2ccccc12.Cc1c[c-]c(N(C)c2[c-]cc(C)cc2)cc1.Cc1cc[c-]c(N(C)c2[c-]ccc(C)c2)c1.[Y].[Y].[Y]. The number of rotatable bonds is 6. The van der Waals surface area contributed by atoms with E-state index >= 15 is 0 Å². The first kappa shape index (κ1) is 50.3. The molecule has 0 aromatic heterocycles. The Morgan fingerprint density at radius 1 is 0.339 bits per heavy atom. The fourth-order valence-electron chi connectivity index (χ4n) is 6.58. The van der Waals surface area contributed by atoms with Gasteiger partial charge in [0, 0.05) is 119 Å². The quantitative estimate of drug-likeness (QED) is 0.154. The van der Waals surface area contributed by atoms with Gasteiger partial charge in [0.25, 0.3) is 0 Å². The van der Waals surface area contributed by atoms with Crippen molar-refractivity contribution in [2.45, 2.75) is 41.5 Å². The van der Waals surface area contributed by atoms with Gasteiger partial charge in [-0.2, -0.15) is 130 Å². The standard InChI is InChI=1S/C23H19N.2C15H15N.3Y/c1-16-12-14-22(20-10-6-4-8-18(16)20)24(3)23-15-13-17(2)19-9-5-7-11-21(19)23;1-12-4-8-14(9-5-12)16(3)15-10-6-13(2)7-11-15;1-12-6-4-8-14(10-12)16(3)15-9-5-7-13(2)11-15;;;/h4-13H,1-3H3;4-8,10H,1-3H3;4-7,10-11H,1-3H3;;;/q3*-2;;;. The first-order chi connectivity index (χ1) is 27.0. The Kier molecular flexibility index (Phi) is 20.3. The molecule has 0 amide bonds. The maximum absolute atomic E-state index is 3.46. The van der Waals surface area contributed by atoms with Gasteiger partial charge < -0.3 is 14.7 Å². The maximum Gasteiger partial charge on any atom is 0.00729 e. The predicted octanol–water partition coefficient (Wildman–Crippen LogP) is 13.3. The zero-order valence-electron chi connectivity index (χ0n) is 35.8. The number of fused-ring (bicyclic) bond motifs is 2. The number of hydrogen-bond donors (Lipinski definition) is 0. The van der Waals surface area contributed by atoms with Crippen LogP contribution in [0.2, 0.25) is 0 Å². The van der Waals surface area contributed by atoms with Crippen LogP contribution in [-0.2, 0) is 98.1 Å². The zero-order chi connectivity index (χ0) is 39.8. The third-order valence-corrected chi connectivity index (χ3v) is 9.97. The van der Waals surface area contributed by atoms with Crippen molar-refractivity contribution >= 4 is 55.7 Å². The summed E-state index contributed by atoms with van der Waals surface area (Å²) < 4.78 is 0. The van der Waals surface area contributed by atoms with E-state index in [4.69, 9.17) is 0 Å². The predicted molar refractivity (Wildman–Crippen MR) is 239 cm³/mol. The molecule has 0 bridgehead atoms. The maximum atomic E-state index is 3.46. The molecule has 3 nitrogen and oxygen atoms in total. The molecule has 6 heteroatoms. The van der Waals surface area contributed by atoms with E-state index in [1.165, 1.54) is 54.9 Å². The molecule has 0 aliphatic carbocycles. The molecule has 0 spiro atoms. The van der Waals surface area contributed by atoms with Crippen molar-refractivity contribution in [3.63, 3.8) is 0 Å². The molecule has 8 rings (SSSR count). The number of benzene rings is 8. The second-order valence-electron chi connectivity index (χ2n) is 14.4. The molecule has 0 unspecified atom stereocenters. The molecule has 8 aromatic carbocycles. The Hall–Kier alpha value is -3.01. The molecule has 0 atom stereocenters. The van der Waals surface area contributed by atoms with Gasteiger partial charge in [-0.25, -0.2) is 0 Å². The van der Waals surface area contributed by atoms with Crippen LogP contribution in [0.5, 0.6) is 0 Å². The van der Waals surface area contributed by atoms with E-state index < -0.39 is 0 Å². The topological polar surface area (TPSA) is 9.72 Å². The van der Waals surface area contributed by atoms with Gasteiger partial charge in [-0.3, -0.25) is 0 Å². The number of anilines is 6. The molecule has 0 aliphatic heterocycles. The van der Waals surface area contributed by atoms with E-state index in [9.17, 15) is 0 Å². The molecule has 59 heavy (non-hydrogen) atoms. The van der Waals surface area contributed by atoms with Crippen molar-refractivity contribution in [3.8, 4) is 0 Å². The minimum atomic E-state index is 0. The summed E-state index contributed by atoms with van der Waals surface area (Å²) in [5.74, 6) is 0. The van der Waals surface area contributed by atoms with Crippen LogP contribution < -0.4 is 14.7 Å². The minimum Gasteiger partial charge on any atom is -0.391 e. The van der Waals surface area contributed by atoms with Crippen LogP contribution in [-0.4, -0.2) is 21.1 Å². The second kappa shape index (κ2) is 23.8. The van der Waals surface area contributed by atoms with Gasteiger partial charge in [-0.1, -0.05) is 112 Å². The molecule has 0 heterocycles. The summed E-state index contributed by atoms with van der Waals surface area (Å²) in [6, 6.07) is 65.7. The summed E-state index contributed by atoms with van der Waals surface area (Å²) in [4.78, 5) is 6.38. The molecular formula is C53H49N3Y3-6. The van der Waals surface area contributed by atoms with Crippen LogP contribution in [0.3, 0.4) is 0 Å². The number of nitrogens with zero attached hydrogens (tertiary/aromatic N) is 3. The Bertz CT molecular complexity index is 2370. The van der Waals surface area contributed by atoms with E-state index in [2.05, 4.69) is 209 Å². The molecule has 0 fully saturated rings. The summed E-state index contributed by atoms with van der Waals surface area (Å²) in [5, 5.41) is 4.99. The smallest absolute Gasteiger partial charge is 0.00729 e. The Morgan fingerprint density at radius 2 is 0.712 bits per heavy atom. The van der Waals surface area contributed by atoms with E-state index in [1.54, 1.807) is 0 Å². The molecule has 0 saturated carbocycles. The fraction of sp³-hybridized carbons (Fsp3) is 0.170. The van der Waals surface area contributed by atoms with E-state index in [-0.39, 0.29) is 98.1 Å². The molecular weight excluding hydrogens is 945 g/mol. The van der Waals surface area contributed by atoms with E-state index in [0.29, 0.717) is 0 Å². The number of aryl methyl sites for hydroxylation is 6. The first-order valence-corrected chi connectivity index (χ1v) is 18.9. The summed E-state index contributed by atoms with van der Waals surface area (Å²) in [7, 11) is 6.17. The Morgan fingerprint density at radius 3 is 1.07 bits per heavy atom. The van der Waals surface area contributed by atoms with Crippen LogP contribution in [0.25, 0.3) is 21.5 Å². The van der Waals surface area contributed by atoms with E-state index in [0.717, 1.165) is 34.1 Å². The summed E-state index contributed by atoms with van der Waals surface area (Å²) in [5.41, 5.74) is 13.9. The van der Waals surface area contributed by atoms with Crippen LogP contribution >= 0.6 is 0 Å². The van der Waals surface area contributed by atoms with Gasteiger partial charge in [0.2, 0.25) is 0 Å². The van der Waals surface area contributed by atoms with Gasteiger partial charge in [0.05, 0.1) is 0 Å². The second-order valence-corrected chi connectivity index (χ2v) is 14.4. The van der Waals surface area contributed by atoms with Gasteiger partial charge in [0.1, 0.15) is 0 Å². The van der Waals surface area contributed by atoms with E-state index in [1.807, 2.05) is 38.4 Å². The third-order valence-electron chi connectivity index (χ3n) is 9.97. The van der Waals surface area contributed by atoms with Crippen molar-refractivity contribution in [1.82, 2.24) is 0 Å². The monoisotopic (exact) mass is 994 g/mol. The molecule has 3 radical (unpaired) electrons. The van der Waals surface area contributed by atoms with Crippen LogP contribution in [0.1, 0.15) is 33.4 Å². The zero-order valence-corrected chi connectivity index (χ0v) is 44.3. The largest absolute Gasteiger partial charge is 0.391 e. The molecule has 0 saturated heterocycles. The molecule has 8 aromatic rings. The van der Waals surface area contributed by atoms with Crippen LogP contribution in [0.15, 0.2) is 133 Å². The Balaban J connectivity index is 0.000000238. The average Bonchev–Trinajstić information content (AvgIpc) is 3.22. The van der Waals surface area contributed by atoms with Gasteiger partial charge >= 0.3 is 0 Å². The normalized spacial score (nSPS) is 10.1. The van der Waals surface area contributed by atoms with Crippen molar-refractivity contribution in [2.75, 3.05) is 35.8 Å². The van der Waals surface area contributed by atoms with Gasteiger partial charge in [0.15, 0.2) is 0 Å². The average molecular weight is 995 g/mol. The van der Waals surface area contributed by atoms with Gasteiger partial charge in [-0.05, 0) is 0 Å². The van der Waals surface area contributed by atoms with Crippen molar-refractivity contribution in [3.05, 3.63) is 203 Å². The first-order valence-electron chi connectivity index (χ1n) is 18.9. The van der Waals surface area contributed by atoms with Crippen molar-refractivity contribution in [1.29, 1.82) is 0 Å². The summed E-state index contributed by atoms with van der Waals surface area (Å²) in [6.45, 7) is 12.6. The van der Waals surface area contributed by atoms with Crippen LogP contribution in [0.4, 0.5) is 34.1 Å². The van der Waals surface area contributed by atoms with Crippen LogP contribution in [0, 0.1) is 77.9 Å². The van der Waals surface area contributed by atoms with Gasteiger partial charge in [-0.15, -0.1) is 57.9 Å². The Labute approximate surface area is 429 Å². The minimum absolute atomic E-state index is 0. The number of hydrogen-bond acceptors (Lipinski definition) is 3. The summed E-state index contributed by atoms with van der Waals surface area (Å²) >= 11 is 0. The molecule has 0 N–H and O–H groups in total. The van der Waals surface area contributed by atoms with Crippen molar-refractivity contribution < 1.29 is 98.1 Å². The van der Waals surface area contributed by atoms with Crippen molar-refractivity contribution in [2.24, 2.45) is 0 Å². The molecule has 0 aliphatic rings. The fourth-order valence-corrected chi connectivity index (χ4v) is 6.58. The summed E-state index contributed by atoms with van der Waals surface area (Å²) in [6.07, 6.45) is 0. The third kappa shape index (κ3) is 13.0. The molecule has 291 valence electrons.